The summed E-state index contributed by atoms with van der Waals surface area (Å²) in [6, 6.07) is 0. The molecule has 2 aliphatic heterocycles. The minimum absolute atomic E-state index is 0.0314. The zero-order chi connectivity index (χ0) is 39.0. The van der Waals surface area contributed by atoms with Crippen LogP contribution in [0.25, 0.3) is 0 Å². The van der Waals surface area contributed by atoms with Crippen LogP contribution in [0.5, 0.6) is 0 Å². The molecule has 2 heterocycles. The monoisotopic (exact) mass is 752 g/mol. The third-order valence-corrected chi connectivity index (χ3v) is 15.5. The Hall–Kier alpha value is -1.00. The van der Waals surface area contributed by atoms with Gasteiger partial charge in [-0.05, 0) is 92.8 Å². The van der Waals surface area contributed by atoms with E-state index in [1.807, 2.05) is 0 Å². The second kappa shape index (κ2) is 15.1. The van der Waals surface area contributed by atoms with Crippen molar-refractivity contribution in [1.82, 2.24) is 0 Å². The molecule has 0 bridgehead atoms. The summed E-state index contributed by atoms with van der Waals surface area (Å²) in [4.78, 5) is 0. The van der Waals surface area contributed by atoms with Crippen LogP contribution in [0.4, 0.5) is 0 Å². The number of aliphatic hydroxyl groups excluding tert-OH is 8. The minimum atomic E-state index is -1.53. The van der Waals surface area contributed by atoms with Gasteiger partial charge in [-0.15, -0.1) is 0 Å². The highest BCUT2D eigenvalue weighted by Crippen LogP contribution is 2.75. The van der Waals surface area contributed by atoms with E-state index in [1.54, 1.807) is 0 Å². The van der Waals surface area contributed by atoms with Crippen LogP contribution >= 0.6 is 0 Å². The number of allylic oxidation sites excluding steroid dienone is 2. The van der Waals surface area contributed by atoms with Crippen LogP contribution in [0.3, 0.4) is 0 Å². The third-order valence-electron chi connectivity index (χ3n) is 15.5. The standard InChI is InChI=1S/C41H68O12/c1-20(2)10-9-11-21(3)29-26(51-37-34(49)32(47)31(46)27(18-42)52-37)17-41(8)35-24(43)16-23-22(39(35,6)14-15-40(29,41)7)12-13-28(38(23,4)5)53-36-33(48)30(45)25(44)19-50-36/h10,16,21-22,24-37,42-49H,9,11-15,17-19H2,1-8H3. The van der Waals surface area contributed by atoms with Gasteiger partial charge in [-0.25, -0.2) is 0 Å². The van der Waals surface area contributed by atoms with Crippen molar-refractivity contribution in [2.24, 2.45) is 45.3 Å². The summed E-state index contributed by atoms with van der Waals surface area (Å²) in [5.74, 6) is 0.290. The molecule has 19 atom stereocenters. The van der Waals surface area contributed by atoms with Crippen LogP contribution in [0.2, 0.25) is 0 Å². The van der Waals surface area contributed by atoms with Gasteiger partial charge < -0.3 is 59.8 Å². The van der Waals surface area contributed by atoms with Gasteiger partial charge in [-0.3, -0.25) is 0 Å². The molecule has 0 amide bonds. The van der Waals surface area contributed by atoms with Crippen molar-refractivity contribution in [2.75, 3.05) is 13.2 Å². The Morgan fingerprint density at radius 3 is 2.21 bits per heavy atom. The highest BCUT2D eigenvalue weighted by molar-refractivity contribution is 5.33. The van der Waals surface area contributed by atoms with Crippen LogP contribution in [-0.2, 0) is 18.9 Å². The Balaban J connectivity index is 1.32. The van der Waals surface area contributed by atoms with E-state index in [-0.39, 0.29) is 53.3 Å². The van der Waals surface area contributed by atoms with Gasteiger partial charge in [0.2, 0.25) is 0 Å². The number of fused-ring (bicyclic) bond motifs is 5. The predicted octanol–water partition coefficient (Wildman–Crippen LogP) is 2.56. The minimum Gasteiger partial charge on any atom is -0.394 e. The Morgan fingerprint density at radius 1 is 0.868 bits per heavy atom. The number of rotatable bonds is 9. The second-order valence-electron chi connectivity index (χ2n) is 19.1. The van der Waals surface area contributed by atoms with E-state index in [9.17, 15) is 40.9 Å². The first-order valence-electron chi connectivity index (χ1n) is 20.0. The lowest BCUT2D eigenvalue weighted by Gasteiger charge is -2.67. The van der Waals surface area contributed by atoms with Crippen molar-refractivity contribution in [3.05, 3.63) is 23.3 Å². The third kappa shape index (κ3) is 6.82. The van der Waals surface area contributed by atoms with E-state index in [0.29, 0.717) is 12.8 Å². The van der Waals surface area contributed by atoms with E-state index in [4.69, 9.17) is 18.9 Å². The predicted molar refractivity (Wildman–Crippen MR) is 195 cm³/mol. The number of hydrogen-bond acceptors (Lipinski definition) is 12. The van der Waals surface area contributed by atoms with E-state index in [1.165, 1.54) is 5.57 Å². The van der Waals surface area contributed by atoms with Gasteiger partial charge in [0.15, 0.2) is 12.6 Å². The Bertz CT molecular complexity index is 1360. The number of hydrogen-bond donors (Lipinski definition) is 8. The van der Waals surface area contributed by atoms with Crippen molar-refractivity contribution >= 4 is 0 Å². The molecule has 12 heteroatoms. The van der Waals surface area contributed by atoms with Gasteiger partial charge >= 0.3 is 0 Å². The fourth-order valence-electron chi connectivity index (χ4n) is 12.4. The molecule has 0 aromatic heterocycles. The topological polar surface area (TPSA) is 199 Å². The Kier molecular flexibility index (Phi) is 11.8. The fourth-order valence-corrected chi connectivity index (χ4v) is 12.4. The number of aliphatic hydroxyl groups is 8. The highest BCUT2D eigenvalue weighted by Gasteiger charge is 2.72. The molecule has 12 nitrogen and oxygen atoms in total. The van der Waals surface area contributed by atoms with Crippen molar-refractivity contribution in [2.45, 2.75) is 174 Å². The summed E-state index contributed by atoms with van der Waals surface area (Å²) >= 11 is 0. The van der Waals surface area contributed by atoms with E-state index >= 15 is 0 Å². The first-order valence-corrected chi connectivity index (χ1v) is 20.0. The summed E-state index contributed by atoms with van der Waals surface area (Å²) in [6.45, 7) is 17.0. The molecule has 304 valence electrons. The zero-order valence-electron chi connectivity index (χ0n) is 33.0. The van der Waals surface area contributed by atoms with Crippen molar-refractivity contribution in [1.29, 1.82) is 0 Å². The maximum Gasteiger partial charge on any atom is 0.186 e. The normalized spacial score (nSPS) is 51.4. The fraction of sp³-hybridized carbons (Fsp3) is 0.902. The largest absolute Gasteiger partial charge is 0.394 e. The lowest BCUT2D eigenvalue weighted by atomic mass is 9.38. The van der Waals surface area contributed by atoms with Crippen LogP contribution in [0, 0.1) is 45.3 Å². The quantitative estimate of drug-likeness (QED) is 0.161. The molecule has 5 fully saturated rings. The molecule has 0 aromatic carbocycles. The average molecular weight is 753 g/mol. The molecule has 6 rings (SSSR count). The Labute approximate surface area is 315 Å². The van der Waals surface area contributed by atoms with Crippen molar-refractivity contribution in [3.63, 3.8) is 0 Å². The maximum absolute atomic E-state index is 12.4. The second-order valence-corrected chi connectivity index (χ2v) is 19.1. The van der Waals surface area contributed by atoms with E-state index in [0.717, 1.165) is 37.7 Å². The van der Waals surface area contributed by atoms with Crippen molar-refractivity contribution < 1.29 is 59.8 Å². The van der Waals surface area contributed by atoms with Crippen molar-refractivity contribution in [3.8, 4) is 0 Å². The van der Waals surface area contributed by atoms with Gasteiger partial charge in [0.05, 0.1) is 31.5 Å². The SMILES string of the molecule is CC(C)=CCCC(C)C1C(OC2OC(CO)C(O)C(O)C2O)CC2(C)C3C(O)C=C4C(CCC(OC5OCC(O)C(O)C5O)C4(C)C)C3(C)CCC12C. The first-order chi connectivity index (χ1) is 24.7. The average Bonchev–Trinajstić information content (AvgIpc) is 3.31. The van der Waals surface area contributed by atoms with Gasteiger partial charge in [-0.2, -0.15) is 0 Å². The van der Waals surface area contributed by atoms with Crippen LogP contribution < -0.4 is 0 Å². The molecule has 3 saturated carbocycles. The molecule has 4 aliphatic carbocycles. The molecule has 2 saturated heterocycles. The summed E-state index contributed by atoms with van der Waals surface area (Å²) < 4.78 is 24.7. The maximum atomic E-state index is 12.4. The molecule has 0 radical (unpaired) electrons. The van der Waals surface area contributed by atoms with Gasteiger partial charge in [0, 0.05) is 11.3 Å². The van der Waals surface area contributed by atoms with Gasteiger partial charge in [0.25, 0.3) is 0 Å². The molecular weight excluding hydrogens is 684 g/mol. The molecule has 6 aliphatic rings. The molecule has 0 spiro atoms. The van der Waals surface area contributed by atoms with Crippen LogP contribution in [0.1, 0.15) is 100 Å². The van der Waals surface area contributed by atoms with E-state index in [2.05, 4.69) is 67.5 Å². The van der Waals surface area contributed by atoms with Gasteiger partial charge in [-0.1, -0.05) is 64.8 Å². The summed E-state index contributed by atoms with van der Waals surface area (Å²) in [6.07, 6.45) is -3.26. The highest BCUT2D eigenvalue weighted by atomic mass is 16.7. The summed E-state index contributed by atoms with van der Waals surface area (Å²) in [7, 11) is 0. The molecular formula is C41H68O12. The van der Waals surface area contributed by atoms with Crippen LogP contribution in [0.15, 0.2) is 23.3 Å². The summed E-state index contributed by atoms with van der Waals surface area (Å²) in [5.41, 5.74) is 0.950. The zero-order valence-corrected chi connectivity index (χ0v) is 33.0. The lowest BCUT2D eigenvalue weighted by Crippen LogP contribution is -2.63. The lowest BCUT2D eigenvalue weighted by molar-refractivity contribution is -0.315. The Morgan fingerprint density at radius 2 is 1.55 bits per heavy atom. The van der Waals surface area contributed by atoms with Crippen LogP contribution in [-0.4, -0.2) is 128 Å². The smallest absolute Gasteiger partial charge is 0.186 e. The first kappa shape index (κ1) is 41.6. The molecule has 53 heavy (non-hydrogen) atoms. The van der Waals surface area contributed by atoms with Gasteiger partial charge in [0.1, 0.15) is 42.7 Å². The number of ether oxygens (including phenoxy) is 4. The molecule has 8 N–H and O–H groups in total. The molecule has 19 unspecified atom stereocenters. The molecule has 0 aromatic rings. The summed E-state index contributed by atoms with van der Waals surface area (Å²) in [5, 5.41) is 85.5. The van der Waals surface area contributed by atoms with E-state index < -0.39 is 78.8 Å².